The van der Waals surface area contributed by atoms with Gasteiger partial charge in [0.1, 0.15) is 5.82 Å². The van der Waals surface area contributed by atoms with Crippen LogP contribution >= 0.6 is 0 Å². The van der Waals surface area contributed by atoms with E-state index in [1.54, 1.807) is 0 Å². The lowest BCUT2D eigenvalue weighted by Gasteiger charge is -2.28. The van der Waals surface area contributed by atoms with Crippen molar-refractivity contribution < 1.29 is 0 Å². The van der Waals surface area contributed by atoms with Gasteiger partial charge >= 0.3 is 0 Å². The standard InChI is InChI=1S/C16H27N3/c1-16(2,3)18-12-13-8-7-11-17-15(13)19(4)14-9-5-6-10-14/h7-8,11,14,18H,5-6,9-10,12H2,1-4H3. The fraction of sp³-hybridized carbons (Fsp3) is 0.688. The van der Waals surface area contributed by atoms with Crippen molar-refractivity contribution in [2.75, 3.05) is 11.9 Å². The normalized spacial score (nSPS) is 16.8. The number of hydrogen-bond donors (Lipinski definition) is 1. The van der Waals surface area contributed by atoms with E-state index >= 15 is 0 Å². The van der Waals surface area contributed by atoms with E-state index in [0.29, 0.717) is 6.04 Å². The molecule has 3 nitrogen and oxygen atoms in total. The third-order valence-corrected chi connectivity index (χ3v) is 3.88. The Kier molecular flexibility index (Phi) is 4.46. The first-order valence-electron chi connectivity index (χ1n) is 7.39. The van der Waals surface area contributed by atoms with Crippen molar-refractivity contribution >= 4 is 5.82 Å². The molecule has 0 aromatic carbocycles. The number of hydrogen-bond acceptors (Lipinski definition) is 3. The summed E-state index contributed by atoms with van der Waals surface area (Å²) in [7, 11) is 2.19. The maximum atomic E-state index is 4.61. The average molecular weight is 261 g/mol. The van der Waals surface area contributed by atoms with Crippen LogP contribution in [0.2, 0.25) is 0 Å². The number of nitrogens with one attached hydrogen (secondary N) is 1. The Bertz CT molecular complexity index is 403. The van der Waals surface area contributed by atoms with Crippen LogP contribution in [0.1, 0.15) is 52.0 Å². The summed E-state index contributed by atoms with van der Waals surface area (Å²) in [6.45, 7) is 7.47. The molecule has 1 aromatic heterocycles. The highest BCUT2D eigenvalue weighted by atomic mass is 15.2. The first-order chi connectivity index (χ1) is 8.97. The Morgan fingerprint density at radius 2 is 2.00 bits per heavy atom. The van der Waals surface area contributed by atoms with Gasteiger partial charge in [-0.1, -0.05) is 18.9 Å². The van der Waals surface area contributed by atoms with E-state index in [4.69, 9.17) is 0 Å². The van der Waals surface area contributed by atoms with Gasteiger partial charge in [-0.05, 0) is 39.7 Å². The number of nitrogens with zero attached hydrogens (tertiary/aromatic N) is 2. The molecule has 1 aromatic rings. The summed E-state index contributed by atoms with van der Waals surface area (Å²) >= 11 is 0. The maximum Gasteiger partial charge on any atom is 0.132 e. The SMILES string of the molecule is CN(c1ncccc1CNC(C)(C)C)C1CCCC1. The van der Waals surface area contributed by atoms with Crippen molar-refractivity contribution in [2.45, 2.75) is 64.6 Å². The van der Waals surface area contributed by atoms with Crippen LogP contribution in [0.25, 0.3) is 0 Å². The van der Waals surface area contributed by atoms with Crippen LogP contribution in [0.15, 0.2) is 18.3 Å². The second kappa shape index (κ2) is 5.91. The molecule has 0 unspecified atom stereocenters. The molecule has 0 atom stereocenters. The van der Waals surface area contributed by atoms with Gasteiger partial charge in [0.05, 0.1) is 0 Å². The molecule has 1 fully saturated rings. The lowest BCUT2D eigenvalue weighted by atomic mass is 10.1. The summed E-state index contributed by atoms with van der Waals surface area (Å²) in [5.41, 5.74) is 1.44. The van der Waals surface area contributed by atoms with E-state index in [-0.39, 0.29) is 5.54 Å². The fourth-order valence-electron chi connectivity index (χ4n) is 2.71. The summed E-state index contributed by atoms with van der Waals surface area (Å²) in [5, 5.41) is 3.56. The minimum atomic E-state index is 0.138. The summed E-state index contributed by atoms with van der Waals surface area (Å²) < 4.78 is 0. The molecule has 2 rings (SSSR count). The molecule has 0 radical (unpaired) electrons. The third-order valence-electron chi connectivity index (χ3n) is 3.88. The summed E-state index contributed by atoms with van der Waals surface area (Å²) in [5.74, 6) is 1.14. The fourth-order valence-corrected chi connectivity index (χ4v) is 2.71. The summed E-state index contributed by atoms with van der Waals surface area (Å²) in [6.07, 6.45) is 7.23. The highest BCUT2D eigenvalue weighted by Gasteiger charge is 2.22. The minimum Gasteiger partial charge on any atom is -0.356 e. The van der Waals surface area contributed by atoms with Gasteiger partial charge in [0.25, 0.3) is 0 Å². The Morgan fingerprint density at radius 3 is 2.63 bits per heavy atom. The first kappa shape index (κ1) is 14.3. The summed E-state index contributed by atoms with van der Waals surface area (Å²) in [6, 6.07) is 4.89. The van der Waals surface area contributed by atoms with Crippen LogP contribution in [0.5, 0.6) is 0 Å². The Hall–Kier alpha value is -1.09. The van der Waals surface area contributed by atoms with E-state index in [2.05, 4.69) is 49.1 Å². The third kappa shape index (κ3) is 3.93. The lowest BCUT2D eigenvalue weighted by molar-refractivity contribution is 0.423. The van der Waals surface area contributed by atoms with Crippen LogP contribution in [0.3, 0.4) is 0 Å². The van der Waals surface area contributed by atoms with E-state index in [1.165, 1.54) is 31.2 Å². The van der Waals surface area contributed by atoms with Gasteiger partial charge in [0.2, 0.25) is 0 Å². The predicted molar refractivity (Wildman–Crippen MR) is 81.5 cm³/mol. The number of rotatable bonds is 4. The molecule has 0 spiro atoms. The van der Waals surface area contributed by atoms with E-state index in [0.717, 1.165) is 12.4 Å². The quantitative estimate of drug-likeness (QED) is 0.901. The minimum absolute atomic E-state index is 0.138. The number of anilines is 1. The van der Waals surface area contributed by atoms with Crippen molar-refractivity contribution in [1.29, 1.82) is 0 Å². The number of aromatic nitrogens is 1. The van der Waals surface area contributed by atoms with E-state index in [9.17, 15) is 0 Å². The molecule has 1 aliphatic rings. The molecule has 1 N–H and O–H groups in total. The molecular weight excluding hydrogens is 234 g/mol. The largest absolute Gasteiger partial charge is 0.356 e. The second-order valence-electron chi connectivity index (χ2n) is 6.64. The Morgan fingerprint density at radius 1 is 1.32 bits per heavy atom. The van der Waals surface area contributed by atoms with Crippen LogP contribution in [-0.4, -0.2) is 23.6 Å². The molecule has 1 aliphatic carbocycles. The molecule has 1 saturated carbocycles. The van der Waals surface area contributed by atoms with Crippen molar-refractivity contribution in [3.63, 3.8) is 0 Å². The van der Waals surface area contributed by atoms with Gasteiger partial charge in [-0.3, -0.25) is 0 Å². The van der Waals surface area contributed by atoms with Crippen LogP contribution in [0, 0.1) is 0 Å². The molecule has 19 heavy (non-hydrogen) atoms. The zero-order chi connectivity index (χ0) is 13.9. The van der Waals surface area contributed by atoms with Gasteiger partial charge in [-0.15, -0.1) is 0 Å². The van der Waals surface area contributed by atoms with Crippen LogP contribution < -0.4 is 10.2 Å². The topological polar surface area (TPSA) is 28.2 Å². The van der Waals surface area contributed by atoms with Gasteiger partial charge in [-0.25, -0.2) is 4.98 Å². The molecule has 106 valence electrons. The van der Waals surface area contributed by atoms with Gasteiger partial charge < -0.3 is 10.2 Å². The highest BCUT2D eigenvalue weighted by molar-refractivity contribution is 5.47. The molecule has 0 aliphatic heterocycles. The molecular formula is C16H27N3. The molecule has 0 saturated heterocycles. The zero-order valence-corrected chi connectivity index (χ0v) is 12.7. The van der Waals surface area contributed by atoms with Gasteiger partial charge in [-0.2, -0.15) is 0 Å². The van der Waals surface area contributed by atoms with E-state index in [1.807, 2.05) is 12.3 Å². The van der Waals surface area contributed by atoms with Crippen molar-refractivity contribution in [1.82, 2.24) is 10.3 Å². The monoisotopic (exact) mass is 261 g/mol. The second-order valence-corrected chi connectivity index (χ2v) is 6.64. The number of pyridine rings is 1. The van der Waals surface area contributed by atoms with Crippen molar-refractivity contribution in [3.8, 4) is 0 Å². The zero-order valence-electron chi connectivity index (χ0n) is 12.7. The highest BCUT2D eigenvalue weighted by Crippen LogP contribution is 2.27. The first-order valence-corrected chi connectivity index (χ1v) is 7.39. The van der Waals surface area contributed by atoms with Gasteiger partial charge in [0, 0.05) is 36.9 Å². The van der Waals surface area contributed by atoms with Crippen molar-refractivity contribution in [2.24, 2.45) is 0 Å². The smallest absolute Gasteiger partial charge is 0.132 e. The lowest BCUT2D eigenvalue weighted by Crippen LogP contribution is -2.36. The Balaban J connectivity index is 2.11. The molecule has 1 heterocycles. The van der Waals surface area contributed by atoms with Crippen LogP contribution in [-0.2, 0) is 6.54 Å². The predicted octanol–water partition coefficient (Wildman–Crippen LogP) is 3.35. The average Bonchev–Trinajstić information content (AvgIpc) is 2.89. The van der Waals surface area contributed by atoms with Crippen molar-refractivity contribution in [3.05, 3.63) is 23.9 Å². The maximum absolute atomic E-state index is 4.61. The molecule has 3 heteroatoms. The van der Waals surface area contributed by atoms with Gasteiger partial charge in [0.15, 0.2) is 0 Å². The molecule has 0 amide bonds. The molecule has 0 bridgehead atoms. The van der Waals surface area contributed by atoms with Crippen LogP contribution in [0.4, 0.5) is 5.82 Å². The Labute approximate surface area is 117 Å². The van der Waals surface area contributed by atoms with E-state index < -0.39 is 0 Å². The summed E-state index contributed by atoms with van der Waals surface area (Å²) in [4.78, 5) is 6.99.